The summed E-state index contributed by atoms with van der Waals surface area (Å²) in [5.74, 6) is -0.254. The van der Waals surface area contributed by atoms with E-state index in [0.717, 1.165) is 23.5 Å². The first-order valence-corrected chi connectivity index (χ1v) is 8.76. The lowest BCUT2D eigenvalue weighted by atomic mass is 10.1. The van der Waals surface area contributed by atoms with Crippen molar-refractivity contribution in [3.63, 3.8) is 0 Å². The van der Waals surface area contributed by atoms with Gasteiger partial charge in [-0.2, -0.15) is 0 Å². The van der Waals surface area contributed by atoms with Gasteiger partial charge in [-0.3, -0.25) is 9.59 Å². The number of amides is 1. The second kappa shape index (κ2) is 6.46. The highest BCUT2D eigenvalue weighted by Crippen LogP contribution is 2.30. The summed E-state index contributed by atoms with van der Waals surface area (Å²) >= 11 is 6.33. The van der Waals surface area contributed by atoms with Gasteiger partial charge in [-0.05, 0) is 42.8 Å². The molecule has 26 heavy (non-hydrogen) atoms. The number of aromatic nitrogens is 1. The second-order valence-electron chi connectivity index (χ2n) is 6.40. The maximum atomic E-state index is 13.3. The molecule has 2 aromatic carbocycles. The molecule has 1 aliphatic rings. The third-order valence-corrected chi connectivity index (χ3v) is 5.03. The van der Waals surface area contributed by atoms with Crippen LogP contribution in [0, 0.1) is 0 Å². The molecule has 0 saturated heterocycles. The minimum atomic E-state index is -0.174. The van der Waals surface area contributed by atoms with Gasteiger partial charge in [0, 0.05) is 29.7 Å². The Morgan fingerprint density at radius 2 is 1.81 bits per heavy atom. The fourth-order valence-corrected chi connectivity index (χ4v) is 3.58. The van der Waals surface area contributed by atoms with Crippen molar-refractivity contribution >= 4 is 29.0 Å². The van der Waals surface area contributed by atoms with E-state index in [9.17, 15) is 9.59 Å². The van der Waals surface area contributed by atoms with Gasteiger partial charge in [0.05, 0.1) is 17.1 Å². The van der Waals surface area contributed by atoms with Crippen LogP contribution in [-0.2, 0) is 13.1 Å². The fourth-order valence-electron chi connectivity index (χ4n) is 3.32. The maximum absolute atomic E-state index is 13.3. The summed E-state index contributed by atoms with van der Waals surface area (Å²) in [6.45, 7) is 2.67. The van der Waals surface area contributed by atoms with Crippen LogP contribution >= 0.6 is 11.6 Å². The minimum Gasteiger partial charge on any atom is -0.345 e. The monoisotopic (exact) mass is 364 g/mol. The van der Waals surface area contributed by atoms with Crippen LogP contribution in [0.1, 0.15) is 38.9 Å². The van der Waals surface area contributed by atoms with Crippen molar-refractivity contribution in [3.05, 3.63) is 88.2 Å². The van der Waals surface area contributed by atoms with Gasteiger partial charge in [0.1, 0.15) is 0 Å². The number of fused-ring (bicyclic) bond motifs is 2. The molecule has 4 rings (SSSR count). The Labute approximate surface area is 156 Å². The van der Waals surface area contributed by atoms with Crippen LogP contribution in [0.2, 0.25) is 5.02 Å². The normalized spacial score (nSPS) is 12.9. The number of benzene rings is 2. The first kappa shape index (κ1) is 16.6. The minimum absolute atomic E-state index is 0.0798. The van der Waals surface area contributed by atoms with E-state index in [4.69, 9.17) is 11.6 Å². The number of anilines is 1. The van der Waals surface area contributed by atoms with Crippen LogP contribution in [0.5, 0.6) is 0 Å². The summed E-state index contributed by atoms with van der Waals surface area (Å²) in [5, 5.41) is 0.291. The molecule has 130 valence electrons. The molecule has 0 atom stereocenters. The predicted octanol–water partition coefficient (Wildman–Crippen LogP) is 4.55. The van der Waals surface area contributed by atoms with E-state index in [0.29, 0.717) is 22.7 Å². The summed E-state index contributed by atoms with van der Waals surface area (Å²) in [6, 6.07) is 16.7. The van der Waals surface area contributed by atoms with Crippen LogP contribution in [0.25, 0.3) is 0 Å². The molecular weight excluding hydrogens is 348 g/mol. The number of para-hydroxylation sites is 1. The average Bonchev–Trinajstić information content (AvgIpc) is 3.00. The van der Waals surface area contributed by atoms with Crippen LogP contribution < -0.4 is 4.90 Å². The number of carbonyl (C=O) groups is 2. The average molecular weight is 365 g/mol. The van der Waals surface area contributed by atoms with Gasteiger partial charge < -0.3 is 9.47 Å². The summed E-state index contributed by atoms with van der Waals surface area (Å²) in [4.78, 5) is 26.6. The lowest BCUT2D eigenvalue weighted by Gasteiger charge is -2.23. The Morgan fingerprint density at radius 1 is 1.00 bits per heavy atom. The first-order chi connectivity index (χ1) is 12.5. The molecule has 2 heterocycles. The highest BCUT2D eigenvalue weighted by molar-refractivity contribution is 6.35. The summed E-state index contributed by atoms with van der Waals surface area (Å²) in [6.07, 6.45) is 2.02. The van der Waals surface area contributed by atoms with E-state index in [1.54, 1.807) is 23.1 Å². The maximum Gasteiger partial charge on any atom is 0.260 e. The van der Waals surface area contributed by atoms with Gasteiger partial charge in [0.25, 0.3) is 5.91 Å². The van der Waals surface area contributed by atoms with Gasteiger partial charge in [0.15, 0.2) is 5.78 Å². The largest absolute Gasteiger partial charge is 0.345 e. The number of hydrogen-bond donors (Lipinski definition) is 0. The highest BCUT2D eigenvalue weighted by Gasteiger charge is 2.26. The van der Waals surface area contributed by atoms with E-state index in [1.807, 2.05) is 42.6 Å². The van der Waals surface area contributed by atoms with E-state index in [2.05, 4.69) is 4.57 Å². The van der Waals surface area contributed by atoms with E-state index in [-0.39, 0.29) is 11.7 Å². The molecule has 0 fully saturated rings. The lowest BCUT2D eigenvalue weighted by molar-refractivity contribution is 0.0981. The highest BCUT2D eigenvalue weighted by atomic mass is 35.5. The smallest absolute Gasteiger partial charge is 0.260 e. The molecule has 4 nitrogen and oxygen atoms in total. The predicted molar refractivity (Wildman–Crippen MR) is 102 cm³/mol. The van der Waals surface area contributed by atoms with Crippen molar-refractivity contribution in [2.24, 2.45) is 0 Å². The number of ketones is 1. The molecule has 1 amide bonds. The van der Waals surface area contributed by atoms with Gasteiger partial charge in [-0.15, -0.1) is 0 Å². The van der Waals surface area contributed by atoms with Crippen molar-refractivity contribution in [2.75, 3.05) is 4.90 Å². The molecule has 0 unspecified atom stereocenters. The molecule has 5 heteroatoms. The topological polar surface area (TPSA) is 42.3 Å². The third kappa shape index (κ3) is 2.82. The molecule has 0 spiro atoms. The van der Waals surface area contributed by atoms with E-state index >= 15 is 0 Å². The zero-order chi connectivity index (χ0) is 18.3. The molecule has 1 aromatic heterocycles. The number of Topliss-reactive ketones (excluding diaryl/α,β-unsaturated/α-hetero) is 1. The Morgan fingerprint density at radius 3 is 2.58 bits per heavy atom. The zero-order valence-electron chi connectivity index (χ0n) is 14.3. The van der Waals surface area contributed by atoms with Crippen molar-refractivity contribution < 1.29 is 9.59 Å². The van der Waals surface area contributed by atoms with Crippen LogP contribution in [-0.4, -0.2) is 16.3 Å². The van der Waals surface area contributed by atoms with Gasteiger partial charge in [0.2, 0.25) is 0 Å². The van der Waals surface area contributed by atoms with Crippen molar-refractivity contribution in [3.8, 4) is 0 Å². The van der Waals surface area contributed by atoms with Gasteiger partial charge in [-0.25, -0.2) is 0 Å². The van der Waals surface area contributed by atoms with E-state index in [1.165, 1.54) is 6.92 Å². The second-order valence-corrected chi connectivity index (χ2v) is 6.81. The zero-order valence-corrected chi connectivity index (χ0v) is 15.0. The van der Waals surface area contributed by atoms with Crippen LogP contribution in [0.3, 0.4) is 0 Å². The molecule has 0 bridgehead atoms. The van der Waals surface area contributed by atoms with E-state index < -0.39 is 0 Å². The SMILES string of the molecule is CC(=O)c1ccc(C(=O)N2Cc3cccn3Cc3ccccc32)c(Cl)c1. The first-order valence-electron chi connectivity index (χ1n) is 8.39. The molecule has 0 N–H and O–H groups in total. The Bertz CT molecular complexity index is 1020. The summed E-state index contributed by atoms with van der Waals surface area (Å²) in [7, 11) is 0. The summed E-state index contributed by atoms with van der Waals surface area (Å²) in [5.41, 5.74) is 3.91. The Hall–Kier alpha value is -2.85. The quantitative estimate of drug-likeness (QED) is 0.626. The molecule has 3 aromatic rings. The molecular formula is C21H17ClN2O2. The standard InChI is InChI=1S/C21H17ClN2O2/c1-14(25)15-8-9-18(19(22)11-15)21(26)24-13-17-6-4-10-23(17)12-16-5-2-3-7-20(16)24/h2-11H,12-13H2,1H3. The van der Waals surface area contributed by atoms with Gasteiger partial charge >= 0.3 is 0 Å². The van der Waals surface area contributed by atoms with Crippen molar-refractivity contribution in [1.82, 2.24) is 4.57 Å². The Balaban J connectivity index is 1.79. The molecule has 0 aliphatic carbocycles. The molecule has 1 aliphatic heterocycles. The summed E-state index contributed by atoms with van der Waals surface area (Å²) < 4.78 is 2.15. The molecule has 0 saturated carbocycles. The number of halogens is 1. The van der Waals surface area contributed by atoms with Crippen LogP contribution in [0.15, 0.2) is 60.8 Å². The van der Waals surface area contributed by atoms with Crippen LogP contribution in [0.4, 0.5) is 5.69 Å². The van der Waals surface area contributed by atoms with Crippen molar-refractivity contribution in [1.29, 1.82) is 0 Å². The number of rotatable bonds is 2. The molecule has 0 radical (unpaired) electrons. The fraction of sp³-hybridized carbons (Fsp3) is 0.143. The number of nitrogens with zero attached hydrogens (tertiary/aromatic N) is 2. The number of carbonyl (C=O) groups excluding carboxylic acids is 2. The third-order valence-electron chi connectivity index (χ3n) is 4.72. The number of hydrogen-bond acceptors (Lipinski definition) is 2. The lowest BCUT2D eigenvalue weighted by Crippen LogP contribution is -2.30. The van der Waals surface area contributed by atoms with Gasteiger partial charge in [-0.1, -0.05) is 35.9 Å². The van der Waals surface area contributed by atoms with Crippen molar-refractivity contribution in [2.45, 2.75) is 20.0 Å². The Kier molecular flexibility index (Phi) is 4.13.